The minimum Gasteiger partial charge on any atom is -0.399 e. The highest BCUT2D eigenvalue weighted by Crippen LogP contribution is 2.23. The number of hydrogen-bond acceptors (Lipinski definition) is 4. The van der Waals surface area contributed by atoms with E-state index in [0.717, 1.165) is 0 Å². The minimum absolute atomic E-state index is 0.117. The van der Waals surface area contributed by atoms with E-state index >= 15 is 0 Å². The van der Waals surface area contributed by atoms with Crippen LogP contribution in [0.5, 0.6) is 0 Å². The first-order valence-electron chi connectivity index (χ1n) is 5.85. The lowest BCUT2D eigenvalue weighted by molar-refractivity contribution is -0.117. The highest BCUT2D eigenvalue weighted by atomic mass is 35.5. The number of halogens is 1. The smallest absolute Gasteiger partial charge is 0.238 e. The Kier molecular flexibility index (Phi) is 5.61. The third-order valence-electron chi connectivity index (χ3n) is 2.48. The summed E-state index contributed by atoms with van der Waals surface area (Å²) in [6.07, 6.45) is 0. The van der Waals surface area contributed by atoms with Gasteiger partial charge in [-0.15, -0.1) is 0 Å². The summed E-state index contributed by atoms with van der Waals surface area (Å²) in [7, 11) is 1.79. The number of nitrogen functional groups attached to an aromatic ring is 1. The highest BCUT2D eigenvalue weighted by Gasteiger charge is 2.11. The Balaban J connectivity index is 2.56. The van der Waals surface area contributed by atoms with Gasteiger partial charge < -0.3 is 11.1 Å². The molecule has 1 amide bonds. The molecule has 1 atom stereocenters. The van der Waals surface area contributed by atoms with Gasteiger partial charge in [-0.05, 0) is 32.2 Å². The number of carbonyl (C=O) groups is 1. The molecule has 1 rings (SSSR count). The zero-order chi connectivity index (χ0) is 14.4. The molecule has 0 heterocycles. The fourth-order valence-electron chi connectivity index (χ4n) is 1.65. The van der Waals surface area contributed by atoms with Gasteiger partial charge in [-0.2, -0.15) is 5.26 Å². The Morgan fingerprint density at radius 3 is 2.95 bits per heavy atom. The van der Waals surface area contributed by atoms with Crippen LogP contribution in [0.1, 0.15) is 6.92 Å². The molecule has 0 saturated carbocycles. The minimum atomic E-state index is -0.194. The summed E-state index contributed by atoms with van der Waals surface area (Å²) in [5, 5.41) is 11.8. The monoisotopic (exact) mass is 280 g/mol. The van der Waals surface area contributed by atoms with Crippen molar-refractivity contribution >= 4 is 28.9 Å². The molecule has 102 valence electrons. The van der Waals surface area contributed by atoms with Crippen LogP contribution >= 0.6 is 11.6 Å². The van der Waals surface area contributed by atoms with Crippen LogP contribution in [-0.2, 0) is 4.79 Å². The molecule has 6 heteroatoms. The van der Waals surface area contributed by atoms with Crippen LogP contribution in [0.15, 0.2) is 18.2 Å². The fraction of sp³-hybridized carbons (Fsp3) is 0.385. The third-order valence-corrected chi connectivity index (χ3v) is 2.81. The Bertz CT molecular complexity index is 498. The van der Waals surface area contributed by atoms with Gasteiger partial charge in [0.15, 0.2) is 0 Å². The Hall–Kier alpha value is -1.77. The largest absolute Gasteiger partial charge is 0.399 e. The highest BCUT2D eigenvalue weighted by molar-refractivity contribution is 6.33. The summed E-state index contributed by atoms with van der Waals surface area (Å²) in [6, 6.07) is 7.03. The molecular formula is C13H17ClN4O. The van der Waals surface area contributed by atoms with Gasteiger partial charge in [0.2, 0.25) is 5.91 Å². The number of amides is 1. The van der Waals surface area contributed by atoms with Crippen molar-refractivity contribution in [1.29, 1.82) is 5.26 Å². The number of likely N-dealkylation sites (N-methyl/N-ethyl adjacent to an activating group) is 1. The molecule has 0 radical (unpaired) electrons. The van der Waals surface area contributed by atoms with Gasteiger partial charge in [-0.25, -0.2) is 0 Å². The molecule has 0 saturated heterocycles. The molecule has 0 aliphatic carbocycles. The zero-order valence-corrected chi connectivity index (χ0v) is 11.7. The Labute approximate surface area is 117 Å². The summed E-state index contributed by atoms with van der Waals surface area (Å²) < 4.78 is 0. The molecule has 19 heavy (non-hydrogen) atoms. The van der Waals surface area contributed by atoms with E-state index in [9.17, 15) is 4.79 Å². The number of rotatable bonds is 5. The van der Waals surface area contributed by atoms with Crippen molar-refractivity contribution in [2.24, 2.45) is 5.92 Å². The van der Waals surface area contributed by atoms with Crippen LogP contribution in [0.4, 0.5) is 11.4 Å². The SMILES string of the molecule is CC(C#N)CN(C)CC(=O)Nc1cc(N)ccc1Cl. The van der Waals surface area contributed by atoms with E-state index < -0.39 is 0 Å². The lowest BCUT2D eigenvalue weighted by Crippen LogP contribution is -2.33. The summed E-state index contributed by atoms with van der Waals surface area (Å²) >= 11 is 5.96. The van der Waals surface area contributed by atoms with Crippen LogP contribution in [0.25, 0.3) is 0 Å². The topological polar surface area (TPSA) is 82.2 Å². The predicted molar refractivity (Wildman–Crippen MR) is 76.8 cm³/mol. The van der Waals surface area contributed by atoms with E-state index in [-0.39, 0.29) is 18.4 Å². The van der Waals surface area contributed by atoms with Crippen molar-refractivity contribution in [2.45, 2.75) is 6.92 Å². The second-order valence-electron chi connectivity index (χ2n) is 4.51. The first-order chi connectivity index (χ1) is 8.92. The number of hydrogen-bond donors (Lipinski definition) is 2. The van der Waals surface area contributed by atoms with E-state index in [2.05, 4.69) is 11.4 Å². The van der Waals surface area contributed by atoms with Crippen LogP contribution in [0, 0.1) is 17.2 Å². The average molecular weight is 281 g/mol. The van der Waals surface area contributed by atoms with Gasteiger partial charge in [-0.3, -0.25) is 9.69 Å². The number of nitrogens with two attached hydrogens (primary N) is 1. The second-order valence-corrected chi connectivity index (χ2v) is 4.92. The maximum absolute atomic E-state index is 11.8. The third kappa shape index (κ3) is 5.16. The molecule has 1 aromatic carbocycles. The Morgan fingerprint density at radius 2 is 2.32 bits per heavy atom. The molecule has 1 unspecified atom stereocenters. The maximum Gasteiger partial charge on any atom is 0.238 e. The molecule has 0 spiro atoms. The summed E-state index contributed by atoms with van der Waals surface area (Å²) in [6.45, 7) is 2.54. The van der Waals surface area contributed by atoms with Crippen LogP contribution in [0.2, 0.25) is 5.02 Å². The van der Waals surface area contributed by atoms with Crippen molar-refractivity contribution in [1.82, 2.24) is 4.90 Å². The van der Waals surface area contributed by atoms with Crippen molar-refractivity contribution in [3.63, 3.8) is 0 Å². The van der Waals surface area contributed by atoms with Gasteiger partial charge in [0.25, 0.3) is 0 Å². The fourth-order valence-corrected chi connectivity index (χ4v) is 1.81. The molecule has 0 aliphatic rings. The van der Waals surface area contributed by atoms with E-state index in [1.165, 1.54) is 0 Å². The van der Waals surface area contributed by atoms with Gasteiger partial charge in [0.1, 0.15) is 0 Å². The quantitative estimate of drug-likeness (QED) is 0.808. The van der Waals surface area contributed by atoms with Gasteiger partial charge in [0.05, 0.1) is 29.2 Å². The van der Waals surface area contributed by atoms with Crippen molar-refractivity contribution in [2.75, 3.05) is 31.2 Å². The van der Waals surface area contributed by atoms with Crippen molar-refractivity contribution in [3.8, 4) is 6.07 Å². The average Bonchev–Trinajstić information content (AvgIpc) is 2.33. The van der Waals surface area contributed by atoms with E-state index in [0.29, 0.717) is 22.9 Å². The molecule has 1 aromatic rings. The number of nitriles is 1. The first-order valence-corrected chi connectivity index (χ1v) is 6.23. The molecule has 0 aromatic heterocycles. The predicted octanol–water partition coefficient (Wildman–Crippen LogP) is 1.95. The van der Waals surface area contributed by atoms with Crippen LogP contribution < -0.4 is 11.1 Å². The number of benzene rings is 1. The van der Waals surface area contributed by atoms with Gasteiger partial charge in [0, 0.05) is 12.2 Å². The summed E-state index contributed by atoms with van der Waals surface area (Å²) in [5.74, 6) is -0.311. The normalized spacial score (nSPS) is 11.9. The molecule has 0 bridgehead atoms. The standard InChI is InChI=1S/C13H17ClN4O/c1-9(6-15)7-18(2)8-13(19)17-12-5-10(16)3-4-11(12)14/h3-5,9H,7-8,16H2,1-2H3,(H,17,19). The van der Waals surface area contributed by atoms with Gasteiger partial charge in [-0.1, -0.05) is 11.6 Å². The molecule has 0 aliphatic heterocycles. The molecule has 0 fully saturated rings. The van der Waals surface area contributed by atoms with Crippen LogP contribution in [0.3, 0.4) is 0 Å². The summed E-state index contributed by atoms with van der Waals surface area (Å²) in [4.78, 5) is 13.6. The van der Waals surface area contributed by atoms with Crippen molar-refractivity contribution < 1.29 is 4.79 Å². The van der Waals surface area contributed by atoms with Crippen LogP contribution in [-0.4, -0.2) is 30.9 Å². The van der Waals surface area contributed by atoms with Gasteiger partial charge >= 0.3 is 0 Å². The lowest BCUT2D eigenvalue weighted by Gasteiger charge is -2.17. The second kappa shape index (κ2) is 6.98. The first kappa shape index (κ1) is 15.3. The molecule has 5 nitrogen and oxygen atoms in total. The number of carbonyl (C=O) groups excluding carboxylic acids is 1. The number of nitrogens with one attached hydrogen (secondary N) is 1. The maximum atomic E-state index is 11.8. The van der Waals surface area contributed by atoms with E-state index in [4.69, 9.17) is 22.6 Å². The van der Waals surface area contributed by atoms with E-state index in [1.54, 1.807) is 30.1 Å². The summed E-state index contributed by atoms with van der Waals surface area (Å²) in [5.41, 5.74) is 6.66. The van der Waals surface area contributed by atoms with Crippen molar-refractivity contribution in [3.05, 3.63) is 23.2 Å². The number of anilines is 2. The Morgan fingerprint density at radius 1 is 1.63 bits per heavy atom. The lowest BCUT2D eigenvalue weighted by atomic mass is 10.2. The zero-order valence-electron chi connectivity index (χ0n) is 11.0. The van der Waals surface area contributed by atoms with E-state index in [1.807, 2.05) is 6.92 Å². The molecular weight excluding hydrogens is 264 g/mol. The molecule has 3 N–H and O–H groups in total. The number of nitrogens with zero attached hydrogens (tertiary/aromatic N) is 2.